The smallest absolute Gasteiger partial charge is 0.420 e. The topological polar surface area (TPSA) is 92.5 Å². The van der Waals surface area contributed by atoms with Crippen LogP contribution in [0.5, 0.6) is 5.75 Å². The van der Waals surface area contributed by atoms with Gasteiger partial charge in [0.2, 0.25) is 5.16 Å². The molecule has 0 bridgehead atoms. The van der Waals surface area contributed by atoms with Gasteiger partial charge in [-0.3, -0.25) is 9.19 Å². The molecule has 2 heterocycles. The monoisotopic (exact) mass is 443 g/mol. The van der Waals surface area contributed by atoms with E-state index < -0.39 is 22.1 Å². The van der Waals surface area contributed by atoms with Gasteiger partial charge in [-0.2, -0.15) is 0 Å². The van der Waals surface area contributed by atoms with Gasteiger partial charge in [-0.05, 0) is 37.5 Å². The van der Waals surface area contributed by atoms with Crippen LogP contribution in [0.3, 0.4) is 0 Å². The Morgan fingerprint density at radius 3 is 2.84 bits per heavy atom. The van der Waals surface area contributed by atoms with Crippen LogP contribution >= 0.6 is 0 Å². The Hall–Kier alpha value is -2.78. The lowest BCUT2D eigenvalue weighted by Gasteiger charge is -2.18. The minimum atomic E-state index is -1.62. The predicted octanol–water partition coefficient (Wildman–Crippen LogP) is 3.65. The first-order valence-corrected chi connectivity index (χ1v) is 11.4. The average molecular weight is 444 g/mol. The van der Waals surface area contributed by atoms with E-state index in [1.807, 2.05) is 18.2 Å². The highest BCUT2D eigenvalue weighted by Crippen LogP contribution is 2.38. The zero-order valence-electron chi connectivity index (χ0n) is 17.6. The molecule has 2 unspecified atom stereocenters. The molecule has 0 fully saturated rings. The van der Waals surface area contributed by atoms with E-state index in [9.17, 15) is 9.00 Å². The summed E-state index contributed by atoms with van der Waals surface area (Å²) in [5.74, 6) is 0.751. The van der Waals surface area contributed by atoms with Crippen LogP contribution in [0, 0.1) is 0 Å². The maximum absolute atomic E-state index is 13.9. The van der Waals surface area contributed by atoms with Crippen LogP contribution in [0.2, 0.25) is 0 Å². The largest absolute Gasteiger partial charge is 0.496 e. The third-order valence-corrected chi connectivity index (χ3v) is 6.99. The van der Waals surface area contributed by atoms with Gasteiger partial charge in [0.05, 0.1) is 46.5 Å². The van der Waals surface area contributed by atoms with Crippen LogP contribution in [-0.4, -0.2) is 52.3 Å². The first-order chi connectivity index (χ1) is 15.2. The van der Waals surface area contributed by atoms with Gasteiger partial charge in [0.25, 0.3) is 0 Å². The van der Waals surface area contributed by atoms with Crippen molar-refractivity contribution in [3.05, 3.63) is 47.8 Å². The molecule has 0 spiro atoms. The molecule has 0 radical (unpaired) electrons. The molecule has 0 saturated heterocycles. The van der Waals surface area contributed by atoms with E-state index in [1.54, 1.807) is 25.4 Å². The van der Waals surface area contributed by atoms with Gasteiger partial charge in [0, 0.05) is 18.9 Å². The molecule has 2 aromatic heterocycles. The lowest BCUT2D eigenvalue weighted by atomic mass is 10.1. The van der Waals surface area contributed by atoms with Crippen molar-refractivity contribution < 1.29 is 23.2 Å². The molecule has 0 aliphatic heterocycles. The molecule has 3 aromatic rings. The van der Waals surface area contributed by atoms with Gasteiger partial charge < -0.3 is 14.2 Å². The van der Waals surface area contributed by atoms with E-state index in [2.05, 4.69) is 9.97 Å². The van der Waals surface area contributed by atoms with Crippen molar-refractivity contribution in [2.24, 2.45) is 0 Å². The number of ether oxygens (including phenoxy) is 3. The van der Waals surface area contributed by atoms with Crippen LogP contribution in [-0.2, 0) is 26.7 Å². The quantitative estimate of drug-likeness (QED) is 0.424. The molecular formula is C22H25N3O5S. The van der Waals surface area contributed by atoms with E-state index in [4.69, 9.17) is 14.2 Å². The lowest BCUT2D eigenvalue weighted by molar-refractivity contribution is 0.0987. The summed E-state index contributed by atoms with van der Waals surface area (Å²) in [5.41, 5.74) is 2.87. The molecule has 0 N–H and O–H groups in total. The van der Waals surface area contributed by atoms with Crippen LogP contribution in [0.25, 0.3) is 11.0 Å². The van der Waals surface area contributed by atoms with Crippen LogP contribution < -0.4 is 4.74 Å². The van der Waals surface area contributed by atoms with E-state index in [0.717, 1.165) is 36.3 Å². The fourth-order valence-corrected chi connectivity index (χ4v) is 5.49. The number of hydrogen-bond acceptors (Lipinski definition) is 7. The van der Waals surface area contributed by atoms with Crippen molar-refractivity contribution in [1.82, 2.24) is 14.5 Å². The second-order valence-electron chi connectivity index (χ2n) is 7.23. The Balaban J connectivity index is 1.78. The Labute approximate surface area is 183 Å². The van der Waals surface area contributed by atoms with Crippen molar-refractivity contribution in [3.63, 3.8) is 0 Å². The first kappa shape index (κ1) is 21.5. The summed E-state index contributed by atoms with van der Waals surface area (Å²) < 4.78 is 31.0. The van der Waals surface area contributed by atoms with Gasteiger partial charge in [-0.15, -0.1) is 0 Å². The van der Waals surface area contributed by atoms with Crippen molar-refractivity contribution in [1.29, 1.82) is 0 Å². The maximum Gasteiger partial charge on any atom is 0.420 e. The molecule has 0 amide bonds. The Morgan fingerprint density at radius 2 is 2.03 bits per heavy atom. The molecular weight excluding hydrogens is 418 g/mol. The summed E-state index contributed by atoms with van der Waals surface area (Å²) in [6.45, 7) is 0.370. The van der Waals surface area contributed by atoms with Gasteiger partial charge in [-0.1, -0.05) is 18.6 Å². The number of aromatic nitrogens is 3. The number of methoxy groups -OCH3 is 2. The maximum atomic E-state index is 13.9. The lowest BCUT2D eigenvalue weighted by Crippen LogP contribution is -2.21. The predicted molar refractivity (Wildman–Crippen MR) is 116 cm³/mol. The van der Waals surface area contributed by atoms with Gasteiger partial charge in [-0.25, -0.2) is 14.3 Å². The van der Waals surface area contributed by atoms with E-state index in [0.29, 0.717) is 17.5 Å². The molecule has 1 aromatic carbocycles. The van der Waals surface area contributed by atoms with E-state index >= 15 is 0 Å². The molecule has 0 saturated carbocycles. The van der Waals surface area contributed by atoms with Crippen molar-refractivity contribution >= 4 is 27.9 Å². The average Bonchev–Trinajstić information content (AvgIpc) is 3.05. The molecule has 2 atom stereocenters. The highest BCUT2D eigenvalue weighted by Gasteiger charge is 2.32. The third kappa shape index (κ3) is 4.20. The Bertz CT molecular complexity index is 1110. The summed E-state index contributed by atoms with van der Waals surface area (Å²) in [6, 6.07) is 9.02. The Kier molecular flexibility index (Phi) is 6.62. The number of nitrogens with zero attached hydrogens (tertiary/aromatic N) is 3. The number of pyridine rings is 1. The number of imidazole rings is 1. The molecule has 1 aliphatic carbocycles. The van der Waals surface area contributed by atoms with Crippen LogP contribution in [0.1, 0.15) is 35.8 Å². The number of fused-ring (bicyclic) bond motifs is 2. The molecule has 9 heteroatoms. The fourth-order valence-electron chi connectivity index (χ4n) is 3.91. The number of benzene rings is 1. The molecule has 4 rings (SSSR count). The van der Waals surface area contributed by atoms with E-state index in [-0.39, 0.29) is 18.4 Å². The summed E-state index contributed by atoms with van der Waals surface area (Å²) in [7, 11) is 1.54. The number of carbonyl (C=O) groups is 1. The van der Waals surface area contributed by atoms with Crippen molar-refractivity contribution in [2.45, 2.75) is 36.1 Å². The highest BCUT2D eigenvalue weighted by molar-refractivity contribution is 7.85. The zero-order valence-corrected chi connectivity index (χ0v) is 18.4. The SMILES string of the molecule is COCCOC(=O)n1c(S(=O)C2CCCCc3c(OC)ccnc32)nc2ccccc21. The van der Waals surface area contributed by atoms with Gasteiger partial charge in [0.1, 0.15) is 12.4 Å². The minimum absolute atomic E-state index is 0.0962. The number of hydrogen-bond donors (Lipinski definition) is 0. The normalized spacial score (nSPS) is 17.0. The Morgan fingerprint density at radius 1 is 1.19 bits per heavy atom. The summed E-state index contributed by atoms with van der Waals surface area (Å²) in [4.78, 5) is 22.0. The summed E-state index contributed by atoms with van der Waals surface area (Å²) in [6.07, 6.45) is 4.40. The minimum Gasteiger partial charge on any atom is -0.496 e. The van der Waals surface area contributed by atoms with Crippen LogP contribution in [0.15, 0.2) is 41.7 Å². The van der Waals surface area contributed by atoms with Crippen LogP contribution in [0.4, 0.5) is 4.79 Å². The van der Waals surface area contributed by atoms with Crippen molar-refractivity contribution in [2.75, 3.05) is 27.4 Å². The summed E-state index contributed by atoms with van der Waals surface area (Å²) >= 11 is 0. The van der Waals surface area contributed by atoms with Gasteiger partial charge >= 0.3 is 6.09 Å². The molecule has 31 heavy (non-hydrogen) atoms. The van der Waals surface area contributed by atoms with Crippen molar-refractivity contribution in [3.8, 4) is 5.75 Å². The summed E-state index contributed by atoms with van der Waals surface area (Å²) in [5, 5.41) is -0.221. The second kappa shape index (κ2) is 9.57. The fraction of sp³-hybridized carbons (Fsp3) is 0.409. The third-order valence-electron chi connectivity index (χ3n) is 5.38. The first-order valence-electron chi connectivity index (χ1n) is 10.2. The molecule has 8 nitrogen and oxygen atoms in total. The molecule has 1 aliphatic rings. The number of carbonyl (C=O) groups excluding carboxylic acids is 1. The zero-order chi connectivity index (χ0) is 21.8. The van der Waals surface area contributed by atoms with Gasteiger partial charge in [0.15, 0.2) is 0 Å². The molecule has 164 valence electrons. The number of rotatable bonds is 6. The van der Waals surface area contributed by atoms with E-state index in [1.165, 1.54) is 11.7 Å². The number of para-hydroxylation sites is 2. The second-order valence-corrected chi connectivity index (χ2v) is 8.76. The highest BCUT2D eigenvalue weighted by atomic mass is 32.2. The standard InChI is InChI=1S/C22H25N3O5S/c1-28-13-14-30-22(26)25-17-9-5-4-8-16(17)24-21(25)31(27)19-10-6-3-7-15-18(29-2)11-12-23-20(15)19/h4-5,8-9,11-12,19H,3,6-7,10,13-14H2,1-2H3.